The first-order valence-corrected chi connectivity index (χ1v) is 8.45. The first kappa shape index (κ1) is 18.4. The molecule has 24 heavy (non-hydrogen) atoms. The highest BCUT2D eigenvalue weighted by Gasteiger charge is 2.30. The number of anilines is 1. The summed E-state index contributed by atoms with van der Waals surface area (Å²) in [5.41, 5.74) is 5.93. The third-order valence-electron chi connectivity index (χ3n) is 3.90. The molecule has 1 amide bonds. The molecule has 1 aliphatic heterocycles. The zero-order valence-electron chi connectivity index (χ0n) is 15.1. The molecule has 134 valence electrons. The molecule has 2 rings (SSSR count). The smallest absolute Gasteiger partial charge is 0.410 e. The third kappa shape index (κ3) is 5.60. The van der Waals surface area contributed by atoms with Gasteiger partial charge in [0.1, 0.15) is 18.0 Å². The van der Waals surface area contributed by atoms with E-state index in [4.69, 9.17) is 15.2 Å². The van der Waals surface area contributed by atoms with E-state index in [0.29, 0.717) is 13.2 Å². The number of hydrogen-bond donors (Lipinski definition) is 1. The molecule has 1 aliphatic rings. The maximum Gasteiger partial charge on any atom is 0.410 e. The topological polar surface area (TPSA) is 68.0 Å². The number of carbonyl (C=O) groups excluding carboxylic acids is 1. The number of piperazine rings is 1. The quantitative estimate of drug-likeness (QED) is 0.857. The van der Waals surface area contributed by atoms with Gasteiger partial charge >= 0.3 is 6.09 Å². The van der Waals surface area contributed by atoms with E-state index in [-0.39, 0.29) is 12.1 Å². The molecular weight excluding hydrogens is 306 g/mol. The maximum absolute atomic E-state index is 12.2. The average molecular weight is 335 g/mol. The highest BCUT2D eigenvalue weighted by atomic mass is 16.6. The molecule has 2 N–H and O–H groups in total. The number of nitrogens with two attached hydrogens (primary N) is 1. The largest absolute Gasteiger partial charge is 0.492 e. The van der Waals surface area contributed by atoms with Gasteiger partial charge in [0.05, 0.1) is 0 Å². The van der Waals surface area contributed by atoms with Crippen molar-refractivity contribution in [1.29, 1.82) is 0 Å². The lowest BCUT2D eigenvalue weighted by molar-refractivity contribution is 0.000361. The second-order valence-corrected chi connectivity index (χ2v) is 7.24. The first-order valence-electron chi connectivity index (χ1n) is 8.45. The number of rotatable bonds is 4. The van der Waals surface area contributed by atoms with Crippen molar-refractivity contribution in [2.45, 2.75) is 39.3 Å². The molecule has 0 saturated carbocycles. The molecule has 1 saturated heterocycles. The Morgan fingerprint density at radius 1 is 1.25 bits per heavy atom. The van der Waals surface area contributed by atoms with Crippen molar-refractivity contribution >= 4 is 11.8 Å². The minimum absolute atomic E-state index is 0.130. The number of nitrogen functional groups attached to an aromatic ring is 1. The van der Waals surface area contributed by atoms with E-state index in [1.165, 1.54) is 0 Å². The summed E-state index contributed by atoms with van der Waals surface area (Å²) in [4.78, 5) is 16.3. The van der Waals surface area contributed by atoms with Crippen molar-refractivity contribution in [2.75, 3.05) is 38.5 Å². The van der Waals surface area contributed by atoms with Crippen molar-refractivity contribution in [1.82, 2.24) is 9.80 Å². The molecule has 0 spiro atoms. The Morgan fingerprint density at radius 2 is 1.92 bits per heavy atom. The summed E-state index contributed by atoms with van der Waals surface area (Å²) in [6, 6.07) is 7.54. The van der Waals surface area contributed by atoms with Crippen molar-refractivity contribution in [3.63, 3.8) is 0 Å². The van der Waals surface area contributed by atoms with Crippen molar-refractivity contribution in [3.05, 3.63) is 24.3 Å². The molecule has 0 aromatic heterocycles. The zero-order valence-corrected chi connectivity index (χ0v) is 15.1. The van der Waals surface area contributed by atoms with E-state index in [2.05, 4.69) is 11.8 Å². The van der Waals surface area contributed by atoms with Gasteiger partial charge in [-0.15, -0.1) is 0 Å². The van der Waals surface area contributed by atoms with Crippen LogP contribution in [-0.2, 0) is 4.74 Å². The van der Waals surface area contributed by atoms with Crippen LogP contribution in [0.1, 0.15) is 27.7 Å². The van der Waals surface area contributed by atoms with E-state index >= 15 is 0 Å². The van der Waals surface area contributed by atoms with Crippen LogP contribution in [0.25, 0.3) is 0 Å². The predicted octanol–water partition coefficient (Wildman–Crippen LogP) is 2.59. The minimum Gasteiger partial charge on any atom is -0.492 e. The summed E-state index contributed by atoms with van der Waals surface area (Å²) >= 11 is 0. The lowest BCUT2D eigenvalue weighted by Crippen LogP contribution is -2.55. The summed E-state index contributed by atoms with van der Waals surface area (Å²) in [5.74, 6) is 0.824. The van der Waals surface area contributed by atoms with E-state index in [1.807, 2.05) is 49.9 Å². The number of hydrogen-bond acceptors (Lipinski definition) is 5. The maximum atomic E-state index is 12.2. The van der Waals surface area contributed by atoms with E-state index < -0.39 is 5.60 Å². The molecule has 1 aromatic rings. The van der Waals surface area contributed by atoms with Gasteiger partial charge in [-0.05, 0) is 52.0 Å². The van der Waals surface area contributed by atoms with Gasteiger partial charge in [0.2, 0.25) is 0 Å². The fourth-order valence-electron chi connectivity index (χ4n) is 2.68. The minimum atomic E-state index is -0.457. The average Bonchev–Trinajstić information content (AvgIpc) is 2.47. The second-order valence-electron chi connectivity index (χ2n) is 7.24. The molecule has 6 nitrogen and oxygen atoms in total. The number of carbonyl (C=O) groups is 1. The van der Waals surface area contributed by atoms with Gasteiger partial charge in [-0.1, -0.05) is 0 Å². The fourth-order valence-corrected chi connectivity index (χ4v) is 2.68. The van der Waals surface area contributed by atoms with Crippen LogP contribution in [0, 0.1) is 0 Å². The molecule has 0 bridgehead atoms. The number of ether oxygens (including phenoxy) is 2. The summed E-state index contributed by atoms with van der Waals surface area (Å²) in [6.07, 6.45) is -0.229. The SMILES string of the molecule is CC1CN(CCOc2ccc(N)cc2)CCN1C(=O)OC(C)(C)C. The van der Waals surface area contributed by atoms with Gasteiger partial charge in [-0.25, -0.2) is 4.79 Å². The fraction of sp³-hybridized carbons (Fsp3) is 0.611. The van der Waals surface area contributed by atoms with Crippen molar-refractivity contribution < 1.29 is 14.3 Å². The highest BCUT2D eigenvalue weighted by Crippen LogP contribution is 2.16. The van der Waals surface area contributed by atoms with Crippen LogP contribution >= 0.6 is 0 Å². The van der Waals surface area contributed by atoms with Crippen LogP contribution in [0.2, 0.25) is 0 Å². The van der Waals surface area contributed by atoms with Gasteiger partial charge in [-0.3, -0.25) is 4.90 Å². The van der Waals surface area contributed by atoms with Gasteiger partial charge in [0.15, 0.2) is 0 Å². The van der Waals surface area contributed by atoms with E-state index in [9.17, 15) is 4.79 Å². The molecule has 1 heterocycles. The molecule has 6 heteroatoms. The van der Waals surface area contributed by atoms with E-state index in [1.54, 1.807) is 0 Å². The summed E-state index contributed by atoms with van der Waals surface area (Å²) in [7, 11) is 0. The van der Waals surface area contributed by atoms with Crippen LogP contribution < -0.4 is 10.5 Å². The Balaban J connectivity index is 1.74. The van der Waals surface area contributed by atoms with Gasteiger partial charge in [-0.2, -0.15) is 0 Å². The highest BCUT2D eigenvalue weighted by molar-refractivity contribution is 5.68. The summed E-state index contributed by atoms with van der Waals surface area (Å²) in [5, 5.41) is 0. The van der Waals surface area contributed by atoms with Crippen LogP contribution in [0.3, 0.4) is 0 Å². The predicted molar refractivity (Wildman–Crippen MR) is 95.2 cm³/mol. The Bertz CT molecular complexity index is 539. The van der Waals surface area contributed by atoms with Gasteiger partial charge < -0.3 is 20.1 Å². The first-order chi connectivity index (χ1) is 11.2. The van der Waals surface area contributed by atoms with Gasteiger partial charge in [0, 0.05) is 37.9 Å². The van der Waals surface area contributed by atoms with Crippen molar-refractivity contribution in [2.24, 2.45) is 0 Å². The Kier molecular flexibility index (Phi) is 5.94. The lowest BCUT2D eigenvalue weighted by atomic mass is 10.2. The zero-order chi connectivity index (χ0) is 17.7. The van der Waals surface area contributed by atoms with Crippen LogP contribution in [-0.4, -0.2) is 60.3 Å². The second kappa shape index (κ2) is 7.75. The lowest BCUT2D eigenvalue weighted by Gasteiger charge is -2.40. The number of benzene rings is 1. The summed E-state index contributed by atoms with van der Waals surface area (Å²) < 4.78 is 11.2. The summed E-state index contributed by atoms with van der Waals surface area (Å²) in [6.45, 7) is 11.5. The molecule has 1 aromatic carbocycles. The molecule has 0 radical (unpaired) electrons. The molecule has 1 fully saturated rings. The Labute approximate surface area is 144 Å². The number of amides is 1. The number of nitrogens with zero attached hydrogens (tertiary/aromatic N) is 2. The Hall–Kier alpha value is -1.95. The van der Waals surface area contributed by atoms with Crippen LogP contribution in [0.4, 0.5) is 10.5 Å². The Morgan fingerprint density at radius 3 is 2.50 bits per heavy atom. The molecule has 1 unspecified atom stereocenters. The standard InChI is InChI=1S/C18H29N3O3/c1-14-13-20(9-10-21(14)17(22)24-18(2,3)4)11-12-23-16-7-5-15(19)6-8-16/h5-8,14H,9-13,19H2,1-4H3. The monoisotopic (exact) mass is 335 g/mol. The van der Waals surface area contributed by atoms with Crippen LogP contribution in [0.5, 0.6) is 5.75 Å². The van der Waals surface area contributed by atoms with Crippen molar-refractivity contribution in [3.8, 4) is 5.75 Å². The molecule has 1 atom stereocenters. The third-order valence-corrected chi connectivity index (χ3v) is 3.90. The van der Waals surface area contributed by atoms with Gasteiger partial charge in [0.25, 0.3) is 0 Å². The molecular formula is C18H29N3O3. The van der Waals surface area contributed by atoms with Crippen LogP contribution in [0.15, 0.2) is 24.3 Å². The normalized spacial score (nSPS) is 19.2. The molecule has 0 aliphatic carbocycles. The van der Waals surface area contributed by atoms with E-state index in [0.717, 1.165) is 31.1 Å².